The molecule has 4 bridgehead atoms. The highest BCUT2D eigenvalue weighted by Gasteiger charge is 2.50. The van der Waals surface area contributed by atoms with Gasteiger partial charge in [-0.05, 0) is 100.0 Å². The summed E-state index contributed by atoms with van der Waals surface area (Å²) in [6, 6.07) is 0.829. The number of nitrogens with one attached hydrogen (secondary N) is 1. The average molecular weight is 288 g/mol. The van der Waals surface area contributed by atoms with Crippen molar-refractivity contribution < 1.29 is 0 Å². The molecule has 4 saturated carbocycles. The van der Waals surface area contributed by atoms with Gasteiger partial charge in [0.25, 0.3) is 0 Å². The topological polar surface area (TPSA) is 15.3 Å². The highest BCUT2D eigenvalue weighted by Crippen LogP contribution is 2.61. The standard InChI is InChI=1S/C19H32N2/c1-2-17-12-21(13-18(17)20-4-1)5-3-19-9-14-6-15(10-19)8-16(7-14)11-19/h14-18,20H,1-13H2. The maximum Gasteiger partial charge on any atom is 0.0235 e. The molecule has 2 saturated heterocycles. The number of nitrogens with zero attached hydrogens (tertiary/aromatic N) is 1. The zero-order chi connectivity index (χ0) is 13.9. The molecule has 4 aliphatic carbocycles. The van der Waals surface area contributed by atoms with Gasteiger partial charge >= 0.3 is 0 Å². The third-order valence-corrected chi connectivity index (χ3v) is 7.80. The number of hydrogen-bond donors (Lipinski definition) is 1. The molecule has 0 aromatic carbocycles. The van der Waals surface area contributed by atoms with Gasteiger partial charge in [0.15, 0.2) is 0 Å². The van der Waals surface area contributed by atoms with Crippen molar-refractivity contribution in [1.82, 2.24) is 10.2 Å². The Hall–Kier alpha value is -0.0800. The molecule has 21 heavy (non-hydrogen) atoms. The Bertz CT molecular complexity index is 355. The molecule has 0 radical (unpaired) electrons. The van der Waals surface area contributed by atoms with Gasteiger partial charge in [0.1, 0.15) is 0 Å². The third kappa shape index (κ3) is 2.37. The fourth-order valence-corrected chi connectivity index (χ4v) is 7.31. The van der Waals surface area contributed by atoms with Crippen molar-refractivity contribution in [2.45, 2.75) is 63.8 Å². The summed E-state index contributed by atoms with van der Waals surface area (Å²) in [5.74, 6) is 4.34. The third-order valence-electron chi connectivity index (χ3n) is 7.80. The molecule has 0 spiro atoms. The molecule has 6 aliphatic rings. The molecule has 0 amide bonds. The second-order valence-electron chi connectivity index (χ2n) is 9.39. The van der Waals surface area contributed by atoms with E-state index >= 15 is 0 Å². The van der Waals surface area contributed by atoms with Gasteiger partial charge in [0, 0.05) is 19.1 Å². The minimum absolute atomic E-state index is 0.788. The van der Waals surface area contributed by atoms with Crippen LogP contribution in [-0.4, -0.2) is 37.1 Å². The second kappa shape index (κ2) is 4.96. The fraction of sp³-hybridized carbons (Fsp3) is 1.00. The molecule has 1 N–H and O–H groups in total. The number of piperidine rings is 1. The Morgan fingerprint density at radius 3 is 2.33 bits per heavy atom. The summed E-state index contributed by atoms with van der Waals surface area (Å²) in [7, 11) is 0. The van der Waals surface area contributed by atoms with Gasteiger partial charge in [-0.1, -0.05) is 0 Å². The molecular weight excluding hydrogens is 256 g/mol. The molecule has 0 aromatic rings. The first kappa shape index (κ1) is 13.4. The van der Waals surface area contributed by atoms with Crippen LogP contribution in [0.4, 0.5) is 0 Å². The van der Waals surface area contributed by atoms with Crippen molar-refractivity contribution in [1.29, 1.82) is 0 Å². The molecule has 6 rings (SSSR count). The van der Waals surface area contributed by atoms with Crippen LogP contribution in [0.25, 0.3) is 0 Å². The normalized spacial score (nSPS) is 52.3. The Labute approximate surface area is 130 Å². The van der Waals surface area contributed by atoms with Gasteiger partial charge in [-0.2, -0.15) is 0 Å². The lowest BCUT2D eigenvalue weighted by molar-refractivity contribution is -0.0604. The maximum absolute atomic E-state index is 3.76. The van der Waals surface area contributed by atoms with Crippen molar-refractivity contribution in [3.63, 3.8) is 0 Å². The van der Waals surface area contributed by atoms with E-state index in [9.17, 15) is 0 Å². The monoisotopic (exact) mass is 288 g/mol. The zero-order valence-electron chi connectivity index (χ0n) is 13.5. The van der Waals surface area contributed by atoms with Crippen molar-refractivity contribution in [2.75, 3.05) is 26.2 Å². The second-order valence-corrected chi connectivity index (χ2v) is 9.39. The van der Waals surface area contributed by atoms with Crippen LogP contribution in [0.2, 0.25) is 0 Å². The Morgan fingerprint density at radius 1 is 0.952 bits per heavy atom. The fourth-order valence-electron chi connectivity index (χ4n) is 7.31. The highest BCUT2D eigenvalue weighted by atomic mass is 15.2. The SMILES string of the molecule is C1CNC2CN(CCC34CC5CC(CC(C5)C3)C4)CC2C1. The molecule has 118 valence electrons. The number of fused-ring (bicyclic) bond motifs is 1. The van der Waals surface area contributed by atoms with E-state index in [2.05, 4.69) is 10.2 Å². The van der Waals surface area contributed by atoms with Crippen molar-refractivity contribution >= 4 is 0 Å². The predicted molar refractivity (Wildman–Crippen MR) is 86.2 cm³/mol. The molecule has 2 nitrogen and oxygen atoms in total. The van der Waals surface area contributed by atoms with Crippen LogP contribution in [0.3, 0.4) is 0 Å². The van der Waals surface area contributed by atoms with Crippen LogP contribution in [0, 0.1) is 29.1 Å². The van der Waals surface area contributed by atoms with Crippen LogP contribution >= 0.6 is 0 Å². The highest BCUT2D eigenvalue weighted by molar-refractivity contribution is 5.02. The number of rotatable bonds is 3. The summed E-state index contributed by atoms with van der Waals surface area (Å²) < 4.78 is 0. The first-order valence-electron chi connectivity index (χ1n) is 9.74. The maximum atomic E-state index is 3.76. The van der Waals surface area contributed by atoms with E-state index < -0.39 is 0 Å². The summed E-state index contributed by atoms with van der Waals surface area (Å²) >= 11 is 0. The molecular formula is C19H32N2. The minimum Gasteiger partial charge on any atom is -0.312 e. The van der Waals surface area contributed by atoms with Gasteiger partial charge in [0.05, 0.1) is 0 Å². The van der Waals surface area contributed by atoms with E-state index in [0.717, 1.165) is 35.1 Å². The van der Waals surface area contributed by atoms with Gasteiger partial charge in [-0.3, -0.25) is 0 Å². The Balaban J connectivity index is 1.21. The van der Waals surface area contributed by atoms with Crippen LogP contribution in [0.5, 0.6) is 0 Å². The smallest absolute Gasteiger partial charge is 0.0235 e. The van der Waals surface area contributed by atoms with E-state index in [0.29, 0.717) is 0 Å². The molecule has 0 aromatic heterocycles. The molecule has 2 atom stereocenters. The summed E-state index contributed by atoms with van der Waals surface area (Å²) in [5, 5.41) is 3.76. The van der Waals surface area contributed by atoms with E-state index in [1.54, 1.807) is 38.5 Å². The Kier molecular flexibility index (Phi) is 3.16. The van der Waals surface area contributed by atoms with Crippen molar-refractivity contribution in [2.24, 2.45) is 29.1 Å². The van der Waals surface area contributed by atoms with E-state index in [4.69, 9.17) is 0 Å². The predicted octanol–water partition coefficient (Wildman–Crippen LogP) is 3.28. The quantitative estimate of drug-likeness (QED) is 0.857. The lowest BCUT2D eigenvalue weighted by Gasteiger charge is -2.57. The first-order chi connectivity index (χ1) is 10.3. The summed E-state index contributed by atoms with van der Waals surface area (Å²) in [6.07, 6.45) is 14.0. The van der Waals surface area contributed by atoms with Gasteiger partial charge in [-0.15, -0.1) is 0 Å². The van der Waals surface area contributed by atoms with Gasteiger partial charge < -0.3 is 10.2 Å². The summed E-state index contributed by atoms with van der Waals surface area (Å²) in [6.45, 7) is 5.41. The molecule has 2 heterocycles. The average Bonchev–Trinajstić information content (AvgIpc) is 2.87. The van der Waals surface area contributed by atoms with E-state index in [1.165, 1.54) is 45.4 Å². The van der Waals surface area contributed by atoms with Gasteiger partial charge in [-0.25, -0.2) is 0 Å². The number of likely N-dealkylation sites (tertiary alicyclic amines) is 1. The van der Waals surface area contributed by atoms with E-state index in [-0.39, 0.29) is 0 Å². The molecule has 6 fully saturated rings. The molecule has 2 unspecified atom stereocenters. The summed E-state index contributed by atoms with van der Waals surface area (Å²) in [4.78, 5) is 2.81. The Morgan fingerprint density at radius 2 is 1.67 bits per heavy atom. The van der Waals surface area contributed by atoms with Crippen molar-refractivity contribution in [3.05, 3.63) is 0 Å². The van der Waals surface area contributed by atoms with Crippen LogP contribution < -0.4 is 5.32 Å². The van der Waals surface area contributed by atoms with Crippen molar-refractivity contribution in [3.8, 4) is 0 Å². The zero-order valence-corrected chi connectivity index (χ0v) is 13.5. The van der Waals surface area contributed by atoms with Crippen LogP contribution in [0.15, 0.2) is 0 Å². The van der Waals surface area contributed by atoms with Crippen LogP contribution in [-0.2, 0) is 0 Å². The number of hydrogen-bond acceptors (Lipinski definition) is 2. The van der Waals surface area contributed by atoms with Crippen LogP contribution in [0.1, 0.15) is 57.8 Å². The molecule has 2 heteroatoms. The lowest BCUT2D eigenvalue weighted by Crippen LogP contribution is -2.47. The van der Waals surface area contributed by atoms with E-state index in [1.807, 2.05) is 0 Å². The first-order valence-corrected chi connectivity index (χ1v) is 9.74. The minimum atomic E-state index is 0.788. The molecule has 2 aliphatic heterocycles. The van der Waals surface area contributed by atoms with Gasteiger partial charge in [0.2, 0.25) is 0 Å². The lowest BCUT2D eigenvalue weighted by atomic mass is 9.49. The summed E-state index contributed by atoms with van der Waals surface area (Å²) in [5.41, 5.74) is 0.788. The largest absolute Gasteiger partial charge is 0.312 e.